The van der Waals surface area contributed by atoms with Crippen molar-refractivity contribution in [3.05, 3.63) is 86.7 Å². The summed E-state index contributed by atoms with van der Waals surface area (Å²) in [6, 6.07) is 16.8. The molecule has 1 aromatic heterocycles. The molecule has 0 spiro atoms. The third-order valence-corrected chi connectivity index (χ3v) is 6.30. The lowest BCUT2D eigenvalue weighted by atomic mass is 9.97. The van der Waals surface area contributed by atoms with Crippen molar-refractivity contribution in [3.63, 3.8) is 0 Å². The molecule has 1 amide bonds. The fraction of sp³-hybridized carbons (Fsp3) is 0.320. The van der Waals surface area contributed by atoms with Gasteiger partial charge in [-0.05, 0) is 56.0 Å². The van der Waals surface area contributed by atoms with Crippen LogP contribution in [-0.2, 0) is 11.3 Å². The topological polar surface area (TPSA) is 67.2 Å². The summed E-state index contributed by atoms with van der Waals surface area (Å²) in [6.07, 6.45) is 1.73. The first-order chi connectivity index (χ1) is 15.4. The Morgan fingerprint density at radius 2 is 1.91 bits per heavy atom. The molecule has 0 aliphatic carbocycles. The number of carbonyl (C=O) groups is 1. The Labute approximate surface area is 192 Å². The third kappa shape index (κ3) is 5.02. The average molecular weight is 451 g/mol. The Morgan fingerprint density at radius 3 is 2.66 bits per heavy atom. The smallest absolute Gasteiger partial charge is 0.271 e. The maximum atomic E-state index is 12.8. The molecule has 2 heterocycles. The highest BCUT2D eigenvalue weighted by atomic mass is 35.5. The second-order valence-corrected chi connectivity index (χ2v) is 8.77. The number of hydrogen-bond acceptors (Lipinski definition) is 4. The van der Waals surface area contributed by atoms with Gasteiger partial charge < -0.3 is 10.2 Å². The lowest BCUT2D eigenvalue weighted by Gasteiger charge is -2.33. The van der Waals surface area contributed by atoms with Crippen molar-refractivity contribution in [1.29, 1.82) is 0 Å². The van der Waals surface area contributed by atoms with E-state index in [-0.39, 0.29) is 17.4 Å². The minimum Gasteiger partial charge on any atom is -0.354 e. The minimum atomic E-state index is -0.224. The van der Waals surface area contributed by atoms with Gasteiger partial charge in [-0.25, -0.2) is 0 Å². The molecule has 1 fully saturated rings. The first-order valence-corrected chi connectivity index (χ1v) is 11.2. The number of amides is 1. The molecule has 7 heteroatoms. The van der Waals surface area contributed by atoms with Crippen LogP contribution < -0.4 is 15.8 Å². The van der Waals surface area contributed by atoms with Gasteiger partial charge in [-0.15, -0.1) is 5.10 Å². The minimum absolute atomic E-state index is 0.0499. The van der Waals surface area contributed by atoms with Crippen LogP contribution in [0.5, 0.6) is 0 Å². The van der Waals surface area contributed by atoms with Gasteiger partial charge in [0.25, 0.3) is 5.56 Å². The van der Waals surface area contributed by atoms with Gasteiger partial charge in [0.1, 0.15) is 5.82 Å². The van der Waals surface area contributed by atoms with Crippen molar-refractivity contribution in [2.45, 2.75) is 33.2 Å². The van der Waals surface area contributed by atoms with Crippen LogP contribution in [0.2, 0.25) is 5.02 Å². The van der Waals surface area contributed by atoms with E-state index < -0.39 is 0 Å². The molecule has 4 rings (SSSR count). The number of nitrogens with zero attached hydrogens (tertiary/aromatic N) is 3. The van der Waals surface area contributed by atoms with E-state index in [9.17, 15) is 9.59 Å². The van der Waals surface area contributed by atoms with Crippen LogP contribution in [0.25, 0.3) is 5.69 Å². The van der Waals surface area contributed by atoms with E-state index in [1.807, 2.05) is 50.2 Å². The van der Waals surface area contributed by atoms with E-state index in [0.717, 1.165) is 30.5 Å². The monoisotopic (exact) mass is 450 g/mol. The van der Waals surface area contributed by atoms with Crippen LogP contribution in [0.15, 0.2) is 59.4 Å². The summed E-state index contributed by atoms with van der Waals surface area (Å²) < 4.78 is 1.36. The van der Waals surface area contributed by atoms with E-state index in [2.05, 4.69) is 15.3 Å². The normalized spacial score (nSPS) is 16.1. The van der Waals surface area contributed by atoms with Crippen LogP contribution in [0.3, 0.4) is 0 Å². The number of piperidine rings is 1. The van der Waals surface area contributed by atoms with Crippen LogP contribution in [0, 0.1) is 19.8 Å². The number of aryl methyl sites for hydroxylation is 2. The summed E-state index contributed by atoms with van der Waals surface area (Å²) in [6.45, 7) is 5.84. The van der Waals surface area contributed by atoms with E-state index in [1.54, 1.807) is 12.1 Å². The molecular formula is C25H27ClN4O2. The fourth-order valence-electron chi connectivity index (χ4n) is 3.91. The molecule has 2 aromatic carbocycles. The van der Waals surface area contributed by atoms with Crippen LogP contribution in [0.4, 0.5) is 5.82 Å². The van der Waals surface area contributed by atoms with Crippen LogP contribution in [-0.4, -0.2) is 28.8 Å². The van der Waals surface area contributed by atoms with Gasteiger partial charge in [-0.1, -0.05) is 47.5 Å². The molecule has 0 saturated carbocycles. The Bertz CT molecular complexity index is 1170. The maximum absolute atomic E-state index is 12.8. The lowest BCUT2D eigenvalue weighted by molar-refractivity contribution is -0.125. The number of benzene rings is 2. The quantitative estimate of drug-likeness (QED) is 0.637. The molecule has 1 unspecified atom stereocenters. The van der Waals surface area contributed by atoms with Gasteiger partial charge in [-0.2, -0.15) is 4.68 Å². The van der Waals surface area contributed by atoms with E-state index in [0.29, 0.717) is 29.6 Å². The summed E-state index contributed by atoms with van der Waals surface area (Å²) >= 11 is 6.24. The summed E-state index contributed by atoms with van der Waals surface area (Å²) in [4.78, 5) is 27.3. The Balaban J connectivity index is 1.47. The zero-order chi connectivity index (χ0) is 22.7. The van der Waals surface area contributed by atoms with E-state index >= 15 is 0 Å². The molecule has 3 aromatic rings. The average Bonchev–Trinajstić information content (AvgIpc) is 2.81. The second-order valence-electron chi connectivity index (χ2n) is 8.36. The van der Waals surface area contributed by atoms with Crippen molar-refractivity contribution >= 4 is 23.3 Å². The summed E-state index contributed by atoms with van der Waals surface area (Å²) in [5.74, 6) is 0.608. The number of nitrogens with one attached hydrogen (secondary N) is 1. The molecule has 0 bridgehead atoms. The number of hydrogen-bond donors (Lipinski definition) is 1. The van der Waals surface area contributed by atoms with Gasteiger partial charge in [0, 0.05) is 30.7 Å². The fourth-order valence-corrected chi connectivity index (χ4v) is 4.08. The lowest BCUT2D eigenvalue weighted by Crippen LogP contribution is -2.43. The van der Waals surface area contributed by atoms with Crippen LogP contribution in [0.1, 0.15) is 29.5 Å². The predicted molar refractivity (Wildman–Crippen MR) is 128 cm³/mol. The maximum Gasteiger partial charge on any atom is 0.271 e. The molecule has 1 aliphatic heterocycles. The van der Waals surface area contributed by atoms with Crippen molar-refractivity contribution in [2.24, 2.45) is 5.92 Å². The van der Waals surface area contributed by atoms with Crippen LogP contribution >= 0.6 is 11.6 Å². The molecule has 1 aliphatic rings. The zero-order valence-electron chi connectivity index (χ0n) is 18.3. The summed E-state index contributed by atoms with van der Waals surface area (Å²) in [5.41, 5.74) is 3.62. The summed E-state index contributed by atoms with van der Waals surface area (Å²) in [5, 5.41) is 8.22. The van der Waals surface area contributed by atoms with E-state index in [1.165, 1.54) is 16.3 Å². The largest absolute Gasteiger partial charge is 0.354 e. The molecular weight excluding hydrogens is 424 g/mol. The second kappa shape index (κ2) is 9.57. The van der Waals surface area contributed by atoms with Crippen molar-refractivity contribution < 1.29 is 4.79 Å². The van der Waals surface area contributed by atoms with Gasteiger partial charge in [0.05, 0.1) is 11.6 Å². The third-order valence-electron chi connectivity index (χ3n) is 5.89. The Morgan fingerprint density at radius 1 is 1.12 bits per heavy atom. The number of rotatable bonds is 5. The van der Waals surface area contributed by atoms with Gasteiger partial charge in [0.15, 0.2) is 0 Å². The molecule has 32 heavy (non-hydrogen) atoms. The first kappa shape index (κ1) is 22.1. The molecule has 1 atom stereocenters. The van der Waals surface area contributed by atoms with Gasteiger partial charge in [-0.3, -0.25) is 9.59 Å². The highest BCUT2D eigenvalue weighted by molar-refractivity contribution is 6.31. The number of carbonyl (C=O) groups excluding carboxylic acids is 1. The summed E-state index contributed by atoms with van der Waals surface area (Å²) in [7, 11) is 0. The zero-order valence-corrected chi connectivity index (χ0v) is 19.1. The van der Waals surface area contributed by atoms with Crippen molar-refractivity contribution in [3.8, 4) is 5.69 Å². The molecule has 1 N–H and O–H groups in total. The molecule has 166 valence electrons. The molecule has 6 nitrogen and oxygen atoms in total. The predicted octanol–water partition coefficient (Wildman–Crippen LogP) is 4.04. The number of anilines is 1. The standard InChI is InChI=1S/C25H27ClN4O2/c1-17-5-8-19(9-6-17)15-27-25(32)20-4-3-13-29(16-20)23-11-12-24(31)30(28-23)21-10-7-18(2)22(26)14-21/h5-12,14,20H,3-4,13,15-16H2,1-2H3,(H,27,32). The highest BCUT2D eigenvalue weighted by Crippen LogP contribution is 2.23. The number of halogens is 1. The highest BCUT2D eigenvalue weighted by Gasteiger charge is 2.26. The Kier molecular flexibility index (Phi) is 6.61. The van der Waals surface area contributed by atoms with Crippen molar-refractivity contribution in [1.82, 2.24) is 15.1 Å². The molecule has 1 saturated heterocycles. The molecule has 0 radical (unpaired) electrons. The van der Waals surface area contributed by atoms with Gasteiger partial charge in [0.2, 0.25) is 5.91 Å². The van der Waals surface area contributed by atoms with Gasteiger partial charge >= 0.3 is 0 Å². The van der Waals surface area contributed by atoms with E-state index in [4.69, 9.17) is 11.6 Å². The number of aromatic nitrogens is 2. The Hall–Kier alpha value is -3.12. The first-order valence-electron chi connectivity index (χ1n) is 10.9. The van der Waals surface area contributed by atoms with Crippen molar-refractivity contribution in [2.75, 3.05) is 18.0 Å². The SMILES string of the molecule is Cc1ccc(CNC(=O)C2CCCN(c3ccc(=O)n(-c4ccc(C)c(Cl)c4)n3)C2)cc1.